The number of rotatable bonds is 8. The van der Waals surface area contributed by atoms with Gasteiger partial charge in [-0.1, -0.05) is 17.7 Å². The van der Waals surface area contributed by atoms with Gasteiger partial charge in [0.2, 0.25) is 0 Å². The van der Waals surface area contributed by atoms with E-state index in [9.17, 15) is 23.9 Å². The SMILES string of the molecule is N#Cc1c(N)sc2c(F)ccc(-c3c(Cl)cc4c(NC[C@@H]5C[C@@H]5C(=O)O)nc(OC[C@@]56CCCN5C[C@H](F)C6)nc4c3F)c12. The molecule has 14 heteroatoms. The molecule has 9 nitrogen and oxygen atoms in total. The second kappa shape index (κ2) is 10.6. The van der Waals surface area contributed by atoms with Crippen LogP contribution in [0.2, 0.25) is 5.02 Å². The van der Waals surface area contributed by atoms with Crippen molar-refractivity contribution in [2.45, 2.75) is 37.4 Å². The molecule has 228 valence electrons. The molecule has 1 saturated carbocycles. The smallest absolute Gasteiger partial charge is 0.319 e. The lowest BCUT2D eigenvalue weighted by molar-refractivity contribution is -0.138. The lowest BCUT2D eigenvalue weighted by Gasteiger charge is -2.30. The number of nitriles is 1. The fourth-order valence-corrected chi connectivity index (χ4v) is 8.02. The van der Waals surface area contributed by atoms with Gasteiger partial charge in [-0.3, -0.25) is 9.69 Å². The van der Waals surface area contributed by atoms with Crippen LogP contribution in [0, 0.1) is 34.8 Å². The second-order valence-electron chi connectivity index (χ2n) is 11.7. The molecule has 0 amide bonds. The maximum absolute atomic E-state index is 16.6. The van der Waals surface area contributed by atoms with Crippen LogP contribution in [0.5, 0.6) is 6.01 Å². The Balaban J connectivity index is 1.34. The number of thiophene rings is 1. The Morgan fingerprint density at radius 1 is 1.36 bits per heavy atom. The monoisotopic (exact) mass is 642 g/mol. The molecule has 7 rings (SSSR count). The number of nitrogens with two attached hydrogens (primary N) is 1. The quantitative estimate of drug-likeness (QED) is 0.212. The molecule has 0 unspecified atom stereocenters. The number of benzene rings is 2. The molecule has 0 radical (unpaired) electrons. The van der Waals surface area contributed by atoms with E-state index in [4.69, 9.17) is 22.1 Å². The summed E-state index contributed by atoms with van der Waals surface area (Å²) in [5, 5.41) is 22.6. The number of nitrogens with zero attached hydrogens (tertiary/aromatic N) is 4. The third-order valence-electron chi connectivity index (χ3n) is 9.06. The summed E-state index contributed by atoms with van der Waals surface area (Å²) in [6.45, 7) is 1.48. The van der Waals surface area contributed by atoms with Crippen LogP contribution in [0.3, 0.4) is 0 Å². The lowest BCUT2D eigenvalue weighted by atomic mass is 9.95. The topological polar surface area (TPSA) is 137 Å². The number of hydrogen-bond donors (Lipinski definition) is 3. The van der Waals surface area contributed by atoms with Crippen molar-refractivity contribution in [2.24, 2.45) is 11.8 Å². The number of anilines is 2. The van der Waals surface area contributed by atoms with Gasteiger partial charge in [-0.05, 0) is 49.4 Å². The highest BCUT2D eigenvalue weighted by Crippen LogP contribution is 2.46. The van der Waals surface area contributed by atoms with Crippen LogP contribution < -0.4 is 15.8 Å². The summed E-state index contributed by atoms with van der Waals surface area (Å²) in [4.78, 5) is 22.4. The molecule has 4 heterocycles. The number of halogens is 4. The fourth-order valence-electron chi connectivity index (χ4n) is 6.78. The molecule has 2 saturated heterocycles. The van der Waals surface area contributed by atoms with Crippen molar-refractivity contribution in [3.05, 3.63) is 40.4 Å². The highest BCUT2D eigenvalue weighted by molar-refractivity contribution is 7.23. The van der Waals surface area contributed by atoms with Crippen molar-refractivity contribution in [1.82, 2.24) is 14.9 Å². The zero-order valence-corrected chi connectivity index (χ0v) is 24.7. The van der Waals surface area contributed by atoms with E-state index < -0.39 is 35.2 Å². The number of aromatic nitrogens is 2. The minimum absolute atomic E-state index is 0.0182. The van der Waals surface area contributed by atoms with Crippen LogP contribution in [0.15, 0.2) is 18.2 Å². The van der Waals surface area contributed by atoms with E-state index in [0.717, 1.165) is 36.8 Å². The van der Waals surface area contributed by atoms with E-state index in [1.165, 1.54) is 12.1 Å². The zero-order valence-electron chi connectivity index (χ0n) is 23.2. The number of fused-ring (bicyclic) bond motifs is 3. The molecular formula is C30H26ClF3N6O3S. The summed E-state index contributed by atoms with van der Waals surface area (Å²) < 4.78 is 51.9. The second-order valence-corrected chi connectivity index (χ2v) is 13.2. The number of carbonyl (C=O) groups is 1. The van der Waals surface area contributed by atoms with Crippen LogP contribution in [0.1, 0.15) is 31.2 Å². The molecule has 0 spiro atoms. The van der Waals surface area contributed by atoms with E-state index in [1.807, 2.05) is 6.07 Å². The Morgan fingerprint density at radius 3 is 2.93 bits per heavy atom. The molecule has 4 atom stereocenters. The van der Waals surface area contributed by atoms with Gasteiger partial charge in [-0.2, -0.15) is 15.2 Å². The van der Waals surface area contributed by atoms with Crippen molar-refractivity contribution >= 4 is 60.7 Å². The van der Waals surface area contributed by atoms with Gasteiger partial charge in [0, 0.05) is 35.8 Å². The Hall–Kier alpha value is -3.86. The number of ether oxygens (including phenoxy) is 1. The molecule has 4 aromatic rings. The van der Waals surface area contributed by atoms with Gasteiger partial charge in [0.15, 0.2) is 5.82 Å². The maximum Gasteiger partial charge on any atom is 0.319 e. The van der Waals surface area contributed by atoms with Gasteiger partial charge in [-0.25, -0.2) is 13.2 Å². The maximum atomic E-state index is 16.6. The molecule has 2 aromatic carbocycles. The molecule has 4 N–H and O–H groups in total. The third kappa shape index (κ3) is 4.67. The molecule has 1 aliphatic carbocycles. The standard InChI is InChI=1S/C30H26ClF3N6O3S/c31-19-7-17-24(23(34)22(19)15-2-3-20(33)25-21(15)18(9-35)26(36)44-25)38-29(39-27(17)37-10-13-6-16(13)28(41)42)43-12-30-4-1-5-40(30)11-14(32)8-30/h2-3,7,13-14,16H,1,4-6,8,10-12,36H2,(H,41,42)(H,37,38,39)/t13-,14+,16-,30-/m0/s1. The van der Waals surface area contributed by atoms with Crippen LogP contribution in [0.4, 0.5) is 24.0 Å². The predicted octanol–water partition coefficient (Wildman–Crippen LogP) is 5.98. The molecule has 3 aliphatic rings. The Labute approximate surface area is 258 Å². The van der Waals surface area contributed by atoms with E-state index in [0.29, 0.717) is 19.4 Å². The number of nitrogens with one attached hydrogen (secondary N) is 1. The van der Waals surface area contributed by atoms with E-state index >= 15 is 4.39 Å². The molecular weight excluding hydrogens is 617 g/mol. The molecule has 44 heavy (non-hydrogen) atoms. The number of alkyl halides is 1. The first-order chi connectivity index (χ1) is 21.1. The summed E-state index contributed by atoms with van der Waals surface area (Å²) in [7, 11) is 0. The number of aliphatic carboxylic acids is 1. The summed E-state index contributed by atoms with van der Waals surface area (Å²) in [5.41, 5.74) is 5.46. The van der Waals surface area contributed by atoms with Crippen LogP contribution >= 0.6 is 22.9 Å². The van der Waals surface area contributed by atoms with Gasteiger partial charge in [0.05, 0.1) is 26.7 Å². The summed E-state index contributed by atoms with van der Waals surface area (Å²) >= 11 is 7.57. The normalized spacial score (nSPS) is 24.5. The Kier molecular flexibility index (Phi) is 6.99. The van der Waals surface area contributed by atoms with Gasteiger partial charge < -0.3 is 20.9 Å². The van der Waals surface area contributed by atoms with Crippen LogP contribution in [0.25, 0.3) is 32.1 Å². The van der Waals surface area contributed by atoms with E-state index in [2.05, 4.69) is 20.2 Å². The average Bonchev–Trinajstić information content (AvgIpc) is 3.41. The van der Waals surface area contributed by atoms with Crippen molar-refractivity contribution in [3.63, 3.8) is 0 Å². The minimum Gasteiger partial charge on any atom is -0.481 e. The number of hydrogen-bond acceptors (Lipinski definition) is 9. The van der Waals surface area contributed by atoms with Crippen molar-refractivity contribution < 1.29 is 27.8 Å². The lowest BCUT2D eigenvalue weighted by Crippen LogP contribution is -2.43. The number of carboxylic acid groups (broad SMARTS) is 1. The van der Waals surface area contributed by atoms with Gasteiger partial charge in [0.1, 0.15) is 41.0 Å². The first-order valence-electron chi connectivity index (χ1n) is 14.2. The number of nitrogen functional groups attached to an aromatic ring is 1. The Morgan fingerprint density at radius 2 is 2.18 bits per heavy atom. The average molecular weight is 643 g/mol. The van der Waals surface area contributed by atoms with Gasteiger partial charge in [0.25, 0.3) is 0 Å². The fraction of sp³-hybridized carbons (Fsp3) is 0.400. The Bertz CT molecular complexity index is 1900. The highest BCUT2D eigenvalue weighted by atomic mass is 35.5. The van der Waals surface area contributed by atoms with Crippen molar-refractivity contribution in [1.29, 1.82) is 5.26 Å². The van der Waals surface area contributed by atoms with Gasteiger partial charge >= 0.3 is 12.0 Å². The minimum atomic E-state index is -0.964. The first kappa shape index (κ1) is 28.9. The molecule has 0 bridgehead atoms. The molecule has 3 fully saturated rings. The van der Waals surface area contributed by atoms with Crippen LogP contribution in [-0.2, 0) is 4.79 Å². The predicted molar refractivity (Wildman–Crippen MR) is 161 cm³/mol. The largest absolute Gasteiger partial charge is 0.481 e. The highest BCUT2D eigenvalue weighted by Gasteiger charge is 2.49. The van der Waals surface area contributed by atoms with Crippen molar-refractivity contribution in [3.8, 4) is 23.2 Å². The third-order valence-corrected chi connectivity index (χ3v) is 10.4. The first-order valence-corrected chi connectivity index (χ1v) is 15.4. The zero-order chi connectivity index (χ0) is 30.9. The van der Waals surface area contributed by atoms with Gasteiger partial charge in [-0.15, -0.1) is 11.3 Å². The summed E-state index contributed by atoms with van der Waals surface area (Å²) in [6, 6.07) is 5.83. The molecule has 2 aliphatic heterocycles. The molecule has 2 aromatic heterocycles. The van der Waals surface area contributed by atoms with E-state index in [-0.39, 0.29) is 78.6 Å². The van der Waals surface area contributed by atoms with E-state index in [1.54, 1.807) is 0 Å². The van der Waals surface area contributed by atoms with Crippen molar-refractivity contribution in [2.75, 3.05) is 37.3 Å². The number of carboxylic acids is 1. The summed E-state index contributed by atoms with van der Waals surface area (Å²) in [6.07, 6.45) is 1.53. The summed E-state index contributed by atoms with van der Waals surface area (Å²) in [5.74, 6) is -2.74. The van der Waals surface area contributed by atoms with Crippen LogP contribution in [-0.4, -0.2) is 63.9 Å².